The Bertz CT molecular complexity index is 523. The van der Waals surface area contributed by atoms with E-state index in [9.17, 15) is 14.4 Å². The van der Waals surface area contributed by atoms with Crippen molar-refractivity contribution in [1.82, 2.24) is 9.78 Å². The van der Waals surface area contributed by atoms with Gasteiger partial charge < -0.3 is 10.1 Å². The molecular formula is C9H8BrN3O4. The number of anilines is 1. The van der Waals surface area contributed by atoms with Crippen LogP contribution in [0.5, 0.6) is 0 Å². The maximum absolute atomic E-state index is 11.6. The molecule has 0 aromatic carbocycles. The number of aromatic nitrogens is 2. The minimum Gasteiger partial charge on any atom is -0.462 e. The Morgan fingerprint density at radius 2 is 2.29 bits per heavy atom. The quantitative estimate of drug-likeness (QED) is 0.645. The number of amides is 1. The highest BCUT2D eigenvalue weighted by atomic mass is 79.9. The first-order chi connectivity index (χ1) is 8.04. The molecule has 0 fully saturated rings. The third-order valence-corrected chi connectivity index (χ3v) is 2.68. The molecule has 2 heterocycles. The third kappa shape index (κ3) is 1.95. The summed E-state index contributed by atoms with van der Waals surface area (Å²) in [6, 6.07) is 0. The predicted molar refractivity (Wildman–Crippen MR) is 59.8 cm³/mol. The van der Waals surface area contributed by atoms with Gasteiger partial charge in [-0.1, -0.05) is 0 Å². The molecule has 1 aromatic rings. The van der Waals surface area contributed by atoms with Crippen molar-refractivity contribution in [3.05, 3.63) is 10.2 Å². The number of nitrogens with one attached hydrogen (secondary N) is 1. The molecule has 0 atom stereocenters. The van der Waals surface area contributed by atoms with Crippen LogP contribution in [0, 0.1) is 0 Å². The molecule has 1 amide bonds. The summed E-state index contributed by atoms with van der Waals surface area (Å²) in [5.41, 5.74) is 0.0493. The lowest BCUT2D eigenvalue weighted by Crippen LogP contribution is -2.30. The number of hydrogen-bond donors (Lipinski definition) is 1. The molecule has 8 heteroatoms. The highest BCUT2D eigenvalue weighted by Crippen LogP contribution is 2.28. The molecule has 17 heavy (non-hydrogen) atoms. The summed E-state index contributed by atoms with van der Waals surface area (Å²) in [7, 11) is 0. The van der Waals surface area contributed by atoms with Crippen molar-refractivity contribution in [1.29, 1.82) is 0 Å². The third-order valence-electron chi connectivity index (χ3n) is 2.13. The van der Waals surface area contributed by atoms with Crippen LogP contribution in [0.15, 0.2) is 4.60 Å². The molecule has 2 rings (SSSR count). The van der Waals surface area contributed by atoms with Crippen LogP contribution in [0.1, 0.15) is 28.5 Å². The molecule has 0 radical (unpaired) electrons. The Morgan fingerprint density at radius 1 is 1.59 bits per heavy atom. The van der Waals surface area contributed by atoms with E-state index in [1.807, 2.05) is 0 Å². The summed E-state index contributed by atoms with van der Waals surface area (Å²) < 4.78 is 5.97. The highest BCUT2D eigenvalue weighted by Gasteiger charge is 2.32. The van der Waals surface area contributed by atoms with E-state index in [-0.39, 0.29) is 29.0 Å². The maximum Gasteiger partial charge on any atom is 0.344 e. The summed E-state index contributed by atoms with van der Waals surface area (Å²) >= 11 is 3.06. The van der Waals surface area contributed by atoms with Gasteiger partial charge in [0.15, 0.2) is 5.82 Å². The Labute approximate surface area is 104 Å². The van der Waals surface area contributed by atoms with Gasteiger partial charge in [-0.25, -0.2) is 4.79 Å². The summed E-state index contributed by atoms with van der Waals surface area (Å²) in [6.07, 6.45) is -0.288. The van der Waals surface area contributed by atoms with Gasteiger partial charge in [-0.15, -0.1) is 0 Å². The topological polar surface area (TPSA) is 90.3 Å². The van der Waals surface area contributed by atoms with Crippen LogP contribution in [0.3, 0.4) is 0 Å². The fraction of sp³-hybridized carbons (Fsp3) is 0.333. The molecule has 1 aromatic heterocycles. The number of nitrogens with zero attached hydrogens (tertiary/aromatic N) is 2. The molecule has 1 aliphatic rings. The van der Waals surface area contributed by atoms with Crippen LogP contribution in [0.2, 0.25) is 0 Å². The predicted octanol–water partition coefficient (Wildman–Crippen LogP) is 0.805. The van der Waals surface area contributed by atoms with Crippen LogP contribution in [-0.4, -0.2) is 34.2 Å². The van der Waals surface area contributed by atoms with Gasteiger partial charge in [0.05, 0.1) is 6.61 Å². The van der Waals surface area contributed by atoms with Crippen LogP contribution in [0.25, 0.3) is 0 Å². The molecule has 0 aliphatic carbocycles. The average Bonchev–Trinajstić information content (AvgIpc) is 2.55. The second-order valence-electron chi connectivity index (χ2n) is 3.27. The number of halogens is 1. The number of ether oxygens (including phenoxy) is 1. The molecule has 0 bridgehead atoms. The minimum atomic E-state index is -0.643. The van der Waals surface area contributed by atoms with E-state index in [1.54, 1.807) is 6.92 Å². The smallest absolute Gasteiger partial charge is 0.344 e. The largest absolute Gasteiger partial charge is 0.462 e. The van der Waals surface area contributed by atoms with Gasteiger partial charge in [-0.3, -0.25) is 9.59 Å². The molecule has 1 N–H and O–H groups in total. The zero-order valence-corrected chi connectivity index (χ0v) is 10.4. The highest BCUT2D eigenvalue weighted by molar-refractivity contribution is 9.10. The molecule has 0 saturated heterocycles. The summed E-state index contributed by atoms with van der Waals surface area (Å²) in [5.74, 6) is -1.55. The lowest BCUT2D eigenvalue weighted by molar-refractivity contribution is -0.115. The normalized spacial score (nSPS) is 14.2. The van der Waals surface area contributed by atoms with Crippen LogP contribution in [0.4, 0.5) is 5.82 Å². The van der Waals surface area contributed by atoms with Crippen molar-refractivity contribution in [3.63, 3.8) is 0 Å². The number of hydrogen-bond acceptors (Lipinski definition) is 5. The van der Waals surface area contributed by atoms with Crippen molar-refractivity contribution in [2.24, 2.45) is 0 Å². The van der Waals surface area contributed by atoms with Gasteiger partial charge in [-0.05, 0) is 22.9 Å². The molecule has 0 unspecified atom stereocenters. The van der Waals surface area contributed by atoms with E-state index in [0.29, 0.717) is 0 Å². The number of carbonyl (C=O) groups is 3. The lowest BCUT2D eigenvalue weighted by atomic mass is 10.2. The van der Waals surface area contributed by atoms with Crippen LogP contribution >= 0.6 is 15.9 Å². The SMILES string of the molecule is CCOC(=O)c1c(Br)nn2c1NC(=O)CC2=O. The molecule has 0 spiro atoms. The molecule has 0 saturated carbocycles. The second-order valence-corrected chi connectivity index (χ2v) is 4.02. The minimum absolute atomic E-state index is 0.0493. The summed E-state index contributed by atoms with van der Waals surface area (Å²) in [4.78, 5) is 34.4. The van der Waals surface area contributed by atoms with Gasteiger partial charge in [0.1, 0.15) is 16.6 Å². The molecule has 7 nitrogen and oxygen atoms in total. The van der Waals surface area contributed by atoms with Crippen molar-refractivity contribution in [2.45, 2.75) is 13.3 Å². The Morgan fingerprint density at radius 3 is 2.94 bits per heavy atom. The summed E-state index contributed by atoms with van der Waals surface area (Å²) in [5, 5.41) is 6.27. The Kier molecular flexibility index (Phi) is 2.97. The fourth-order valence-electron chi connectivity index (χ4n) is 1.46. The van der Waals surface area contributed by atoms with Gasteiger partial charge in [-0.2, -0.15) is 9.78 Å². The second kappa shape index (κ2) is 4.28. The number of esters is 1. The Balaban J connectivity index is 2.51. The molecule has 90 valence electrons. The standard InChI is InChI=1S/C9H8BrN3O4/c1-2-17-9(16)6-7(10)12-13-5(15)3-4(14)11-8(6)13/h2-3H2,1H3,(H,11,14). The summed E-state index contributed by atoms with van der Waals surface area (Å²) in [6.45, 7) is 1.85. The zero-order chi connectivity index (χ0) is 12.6. The van der Waals surface area contributed by atoms with Crippen molar-refractivity contribution in [3.8, 4) is 0 Å². The average molecular weight is 302 g/mol. The van der Waals surface area contributed by atoms with E-state index in [0.717, 1.165) is 4.68 Å². The lowest BCUT2D eigenvalue weighted by Gasteiger charge is -2.13. The Hall–Kier alpha value is -1.70. The molecule has 1 aliphatic heterocycles. The van der Waals surface area contributed by atoms with Gasteiger partial charge >= 0.3 is 5.97 Å². The first-order valence-corrected chi connectivity index (χ1v) is 5.62. The first kappa shape index (κ1) is 11.8. The van der Waals surface area contributed by atoms with E-state index in [2.05, 4.69) is 26.3 Å². The number of fused-ring (bicyclic) bond motifs is 1. The van der Waals surface area contributed by atoms with Crippen LogP contribution < -0.4 is 5.32 Å². The zero-order valence-electron chi connectivity index (χ0n) is 8.82. The first-order valence-electron chi connectivity index (χ1n) is 4.83. The molecular weight excluding hydrogens is 294 g/mol. The number of rotatable bonds is 2. The van der Waals surface area contributed by atoms with Gasteiger partial charge in [0, 0.05) is 0 Å². The van der Waals surface area contributed by atoms with Crippen LogP contribution in [-0.2, 0) is 9.53 Å². The van der Waals surface area contributed by atoms with E-state index < -0.39 is 17.8 Å². The maximum atomic E-state index is 11.6. The van der Waals surface area contributed by atoms with Crippen molar-refractivity contribution in [2.75, 3.05) is 11.9 Å². The van der Waals surface area contributed by atoms with Crippen molar-refractivity contribution >= 4 is 39.5 Å². The van der Waals surface area contributed by atoms with E-state index in [4.69, 9.17) is 4.74 Å². The van der Waals surface area contributed by atoms with Gasteiger partial charge in [0.25, 0.3) is 5.91 Å². The van der Waals surface area contributed by atoms with E-state index >= 15 is 0 Å². The monoisotopic (exact) mass is 301 g/mol. The fourth-order valence-corrected chi connectivity index (χ4v) is 1.97. The van der Waals surface area contributed by atoms with Gasteiger partial charge in [0.2, 0.25) is 5.91 Å². The van der Waals surface area contributed by atoms with E-state index in [1.165, 1.54) is 0 Å². The van der Waals surface area contributed by atoms with Crippen molar-refractivity contribution < 1.29 is 19.1 Å². The number of carbonyl (C=O) groups excluding carboxylic acids is 3.